The normalized spacial score (nSPS) is 53.8. The molecule has 1 saturated heterocycles. The molecule has 0 aromatic heterocycles. The van der Waals surface area contributed by atoms with Crippen molar-refractivity contribution in [3.05, 3.63) is 0 Å². The Balaban J connectivity index is 2.30. The highest BCUT2D eigenvalue weighted by atomic mass is 16.9. The van der Waals surface area contributed by atoms with Crippen LogP contribution in [0.4, 0.5) is 0 Å². The highest BCUT2D eigenvalue weighted by Gasteiger charge is 2.68. The van der Waals surface area contributed by atoms with Gasteiger partial charge in [-0.3, -0.25) is 0 Å². The second-order valence-corrected chi connectivity index (χ2v) is 4.23. The fraction of sp³-hybridized carbons (Fsp3) is 1.00. The summed E-state index contributed by atoms with van der Waals surface area (Å²) in [6.45, 7) is 3.21. The van der Waals surface area contributed by atoms with Crippen LogP contribution in [0.2, 0.25) is 0 Å². The molecule has 0 radical (unpaired) electrons. The zero-order chi connectivity index (χ0) is 9.91. The van der Waals surface area contributed by atoms with Gasteiger partial charge in [-0.25, -0.2) is 0 Å². The van der Waals surface area contributed by atoms with Crippen LogP contribution in [0.3, 0.4) is 0 Å². The molecular formula is C8H14O5. The molecule has 1 saturated carbocycles. The molecule has 3 N–H and O–H groups in total. The number of hydrogen-bond donors (Lipinski definition) is 3. The largest absolute Gasteiger partial charge is 0.393 e. The first-order valence-corrected chi connectivity index (χ1v) is 4.30. The summed E-state index contributed by atoms with van der Waals surface area (Å²) >= 11 is 0. The smallest absolute Gasteiger partial charge is 0.226 e. The van der Waals surface area contributed by atoms with Crippen LogP contribution in [0.5, 0.6) is 0 Å². The van der Waals surface area contributed by atoms with Crippen LogP contribution < -0.4 is 0 Å². The first-order chi connectivity index (χ1) is 5.77. The van der Waals surface area contributed by atoms with Crippen molar-refractivity contribution in [2.24, 2.45) is 0 Å². The molecule has 3 atom stereocenters. The van der Waals surface area contributed by atoms with Crippen molar-refractivity contribution < 1.29 is 24.8 Å². The van der Waals surface area contributed by atoms with Crippen molar-refractivity contribution in [1.29, 1.82) is 0 Å². The summed E-state index contributed by atoms with van der Waals surface area (Å²) < 4.78 is 10.3. The van der Waals surface area contributed by atoms with E-state index < -0.39 is 23.5 Å². The number of rotatable bonds is 0. The predicted octanol–water partition coefficient (Wildman–Crippen LogP) is -0.699. The zero-order valence-electron chi connectivity index (χ0n) is 7.65. The maximum absolute atomic E-state index is 9.84. The molecule has 2 fully saturated rings. The topological polar surface area (TPSA) is 79.2 Å². The first-order valence-electron chi connectivity index (χ1n) is 4.30. The summed E-state index contributed by atoms with van der Waals surface area (Å²) in [5.74, 6) is -4.55. The minimum atomic E-state index is -1.77. The van der Waals surface area contributed by atoms with Crippen molar-refractivity contribution in [1.82, 2.24) is 0 Å². The maximum Gasteiger partial charge on any atom is 0.226 e. The Kier molecular flexibility index (Phi) is 1.61. The van der Waals surface area contributed by atoms with Crippen LogP contribution in [-0.2, 0) is 9.47 Å². The van der Waals surface area contributed by atoms with E-state index in [0.717, 1.165) is 0 Å². The molecule has 5 nitrogen and oxygen atoms in total. The number of fused-ring (bicyclic) bond motifs is 1. The SMILES string of the molecule is CC1(C)O[C@]2(O)CC(O)C[C@]2(O)O1. The van der Waals surface area contributed by atoms with E-state index in [1.807, 2.05) is 0 Å². The van der Waals surface area contributed by atoms with Crippen LogP contribution in [0, 0.1) is 0 Å². The minimum absolute atomic E-state index is 0.0209. The van der Waals surface area contributed by atoms with E-state index in [4.69, 9.17) is 9.47 Å². The molecule has 0 aromatic carbocycles. The predicted molar refractivity (Wildman–Crippen MR) is 41.4 cm³/mol. The Bertz CT molecular complexity index is 219. The molecule has 0 bridgehead atoms. The Morgan fingerprint density at radius 2 is 1.46 bits per heavy atom. The number of aliphatic hydroxyl groups excluding tert-OH is 1. The summed E-state index contributed by atoms with van der Waals surface area (Å²) in [6, 6.07) is 0. The van der Waals surface area contributed by atoms with Gasteiger partial charge in [-0.15, -0.1) is 0 Å². The Labute approximate surface area is 75.9 Å². The minimum Gasteiger partial charge on any atom is -0.393 e. The van der Waals surface area contributed by atoms with E-state index >= 15 is 0 Å². The van der Waals surface area contributed by atoms with Crippen molar-refractivity contribution in [3.63, 3.8) is 0 Å². The molecule has 1 aliphatic carbocycles. The standard InChI is InChI=1S/C8H14O5/c1-6(2)12-7(10)3-5(9)4-8(7,11)13-6/h5,9-11H,3-4H2,1-2H3/t5?,7-,8+. The van der Waals surface area contributed by atoms with E-state index in [1.54, 1.807) is 13.8 Å². The fourth-order valence-electron chi connectivity index (χ4n) is 2.11. The van der Waals surface area contributed by atoms with E-state index in [2.05, 4.69) is 0 Å². The van der Waals surface area contributed by atoms with Gasteiger partial charge in [0.05, 0.1) is 6.10 Å². The van der Waals surface area contributed by atoms with Crippen LogP contribution in [0.15, 0.2) is 0 Å². The van der Waals surface area contributed by atoms with E-state index in [1.165, 1.54) is 0 Å². The lowest BCUT2D eigenvalue weighted by Gasteiger charge is -2.25. The van der Waals surface area contributed by atoms with Gasteiger partial charge in [-0.1, -0.05) is 0 Å². The van der Waals surface area contributed by atoms with Gasteiger partial charge in [0.2, 0.25) is 11.6 Å². The number of hydrogen-bond acceptors (Lipinski definition) is 5. The van der Waals surface area contributed by atoms with Gasteiger partial charge >= 0.3 is 0 Å². The molecular weight excluding hydrogens is 176 g/mol. The second-order valence-electron chi connectivity index (χ2n) is 4.23. The molecule has 76 valence electrons. The third kappa shape index (κ3) is 1.19. The second kappa shape index (κ2) is 2.24. The lowest BCUT2D eigenvalue weighted by molar-refractivity contribution is -0.274. The lowest BCUT2D eigenvalue weighted by atomic mass is 10.1. The highest BCUT2D eigenvalue weighted by molar-refractivity contribution is 5.02. The van der Waals surface area contributed by atoms with Gasteiger partial charge < -0.3 is 24.8 Å². The molecule has 5 heteroatoms. The lowest BCUT2D eigenvalue weighted by Crippen LogP contribution is -2.46. The average molecular weight is 190 g/mol. The number of aliphatic hydroxyl groups is 3. The molecule has 2 aliphatic rings. The van der Waals surface area contributed by atoms with E-state index in [0.29, 0.717) is 0 Å². The van der Waals surface area contributed by atoms with Gasteiger partial charge in [0.15, 0.2) is 5.79 Å². The summed E-state index contributed by atoms with van der Waals surface area (Å²) in [4.78, 5) is 0. The average Bonchev–Trinajstić information content (AvgIpc) is 2.04. The highest BCUT2D eigenvalue weighted by Crippen LogP contribution is 2.50. The maximum atomic E-state index is 9.84. The monoisotopic (exact) mass is 190 g/mol. The van der Waals surface area contributed by atoms with E-state index in [-0.39, 0.29) is 12.8 Å². The van der Waals surface area contributed by atoms with Crippen LogP contribution in [0.1, 0.15) is 26.7 Å². The summed E-state index contributed by atoms with van der Waals surface area (Å²) in [5, 5.41) is 28.9. The Hall–Kier alpha value is -0.200. The Morgan fingerprint density at radius 3 is 1.85 bits per heavy atom. The van der Waals surface area contributed by atoms with Crippen LogP contribution >= 0.6 is 0 Å². The molecule has 1 unspecified atom stereocenters. The van der Waals surface area contributed by atoms with Gasteiger partial charge in [-0.2, -0.15) is 0 Å². The Morgan fingerprint density at radius 1 is 1.08 bits per heavy atom. The van der Waals surface area contributed by atoms with Gasteiger partial charge in [0.25, 0.3) is 0 Å². The summed E-state index contributed by atoms with van der Waals surface area (Å²) in [5.41, 5.74) is 0. The summed E-state index contributed by atoms with van der Waals surface area (Å²) in [7, 11) is 0. The van der Waals surface area contributed by atoms with Crippen molar-refractivity contribution in [2.75, 3.05) is 0 Å². The summed E-state index contributed by atoms with van der Waals surface area (Å²) in [6.07, 6.45) is -0.828. The molecule has 2 rings (SSSR count). The zero-order valence-corrected chi connectivity index (χ0v) is 7.65. The third-order valence-corrected chi connectivity index (χ3v) is 2.46. The van der Waals surface area contributed by atoms with Gasteiger partial charge in [-0.05, 0) is 13.8 Å². The molecule has 1 heterocycles. The number of ether oxygens (including phenoxy) is 2. The van der Waals surface area contributed by atoms with Crippen LogP contribution in [0.25, 0.3) is 0 Å². The molecule has 1 aliphatic heterocycles. The van der Waals surface area contributed by atoms with Gasteiger partial charge in [0.1, 0.15) is 0 Å². The molecule has 13 heavy (non-hydrogen) atoms. The van der Waals surface area contributed by atoms with Gasteiger partial charge in [0, 0.05) is 12.8 Å². The fourth-order valence-corrected chi connectivity index (χ4v) is 2.11. The molecule has 0 spiro atoms. The van der Waals surface area contributed by atoms with E-state index in [9.17, 15) is 15.3 Å². The van der Waals surface area contributed by atoms with Crippen molar-refractivity contribution in [2.45, 2.75) is 50.2 Å². The van der Waals surface area contributed by atoms with Crippen molar-refractivity contribution in [3.8, 4) is 0 Å². The molecule has 0 aromatic rings. The third-order valence-electron chi connectivity index (χ3n) is 2.46. The van der Waals surface area contributed by atoms with Crippen LogP contribution in [-0.4, -0.2) is 38.8 Å². The van der Waals surface area contributed by atoms with Crippen molar-refractivity contribution >= 4 is 0 Å². The first kappa shape index (κ1) is 9.36. The quantitative estimate of drug-likeness (QED) is 0.471. The molecule has 0 amide bonds.